The number of aliphatic imine (C=N–C) groups is 1. The molecule has 244 valence electrons. The van der Waals surface area contributed by atoms with E-state index in [1.54, 1.807) is 0 Å². The topological polar surface area (TPSA) is 89.8 Å². The van der Waals surface area contributed by atoms with Gasteiger partial charge in [-0.1, -0.05) is 109 Å². The molecule has 0 radical (unpaired) electrons. The Balaban J connectivity index is 1.01. The summed E-state index contributed by atoms with van der Waals surface area (Å²) in [5.41, 5.74) is 17.0. The molecule has 2 atom stereocenters. The van der Waals surface area contributed by atoms with Gasteiger partial charge in [-0.15, -0.1) is 0 Å². The molecule has 6 heteroatoms. The van der Waals surface area contributed by atoms with Gasteiger partial charge < -0.3 is 19.0 Å². The van der Waals surface area contributed by atoms with Crippen LogP contribution in [-0.2, 0) is 0 Å². The van der Waals surface area contributed by atoms with E-state index in [1.807, 2.05) is 91.1 Å². The van der Waals surface area contributed by atoms with Crippen LogP contribution in [0.2, 0.25) is 0 Å². The van der Waals surface area contributed by atoms with Gasteiger partial charge in [0.1, 0.15) is 39.7 Å². The number of hydrogen-bond donors (Lipinski definition) is 2. The molecule has 6 nitrogen and oxygen atoms in total. The molecule has 3 heterocycles. The zero-order chi connectivity index (χ0) is 33.9. The summed E-state index contributed by atoms with van der Waals surface area (Å²) in [7, 11) is 0. The third-order valence-electron chi connectivity index (χ3n) is 9.82. The zero-order valence-electron chi connectivity index (χ0n) is 27.4. The fraction of sp³-hybridized carbons (Fsp3) is 0.0444. The molecule has 3 aromatic heterocycles. The summed E-state index contributed by atoms with van der Waals surface area (Å²) < 4.78 is 18.8. The monoisotopic (exact) mass is 661 g/mol. The van der Waals surface area contributed by atoms with Crippen LogP contribution in [-0.4, -0.2) is 6.21 Å². The van der Waals surface area contributed by atoms with Gasteiger partial charge in [-0.2, -0.15) is 0 Å². The van der Waals surface area contributed by atoms with Crippen LogP contribution in [0.5, 0.6) is 0 Å². The van der Waals surface area contributed by atoms with Gasteiger partial charge in [-0.25, -0.2) is 0 Å². The van der Waals surface area contributed by atoms with Crippen molar-refractivity contribution in [3.8, 4) is 11.1 Å². The number of rotatable bonds is 7. The average Bonchev–Trinajstić information content (AvgIpc) is 3.87. The van der Waals surface area contributed by atoms with E-state index in [2.05, 4.69) is 72.0 Å². The summed E-state index contributed by atoms with van der Waals surface area (Å²) in [4.78, 5) is 5.07. The van der Waals surface area contributed by atoms with Crippen LogP contribution in [0, 0.1) is 0 Å². The molecule has 0 aliphatic rings. The van der Waals surface area contributed by atoms with Crippen molar-refractivity contribution in [3.63, 3.8) is 0 Å². The molecule has 0 spiro atoms. The normalized spacial score (nSPS) is 13.4. The van der Waals surface area contributed by atoms with Crippen molar-refractivity contribution in [2.24, 2.45) is 10.7 Å². The largest absolute Gasteiger partial charge is 0.456 e. The van der Waals surface area contributed by atoms with E-state index in [0.29, 0.717) is 0 Å². The maximum absolute atomic E-state index is 6.93. The Bertz CT molecular complexity index is 2930. The van der Waals surface area contributed by atoms with E-state index >= 15 is 0 Å². The van der Waals surface area contributed by atoms with E-state index in [0.717, 1.165) is 93.6 Å². The Morgan fingerprint density at radius 3 is 2.02 bits per heavy atom. The molecule has 0 aliphatic carbocycles. The number of nitrogens with two attached hydrogens (primary N) is 1. The highest BCUT2D eigenvalue weighted by Crippen LogP contribution is 2.39. The Hall–Kier alpha value is -6.47. The second-order valence-electron chi connectivity index (χ2n) is 12.9. The Labute approximate surface area is 292 Å². The standard InChI is InChI=1S/C45H31N3O3/c46-44(48-45(27-10-2-1-3-11-27)47-26-30-12-8-19-41-42(30)34-14-5-7-18-38(34)50-41)29-21-23-40-36(25-29)35-24-28(20-22-39(35)49-40)31-15-9-16-33-32-13-4-6-17-37(32)51-43(31)33/h1-26,44-45,48H,46H2/b47-26+. The fourth-order valence-electron chi connectivity index (χ4n) is 7.32. The van der Waals surface area contributed by atoms with Crippen molar-refractivity contribution in [2.45, 2.75) is 12.3 Å². The molecule has 0 saturated carbocycles. The van der Waals surface area contributed by atoms with Crippen LogP contribution in [0.25, 0.3) is 76.9 Å². The number of para-hydroxylation sites is 3. The first-order valence-electron chi connectivity index (χ1n) is 17.0. The summed E-state index contributed by atoms with van der Waals surface area (Å²) >= 11 is 0. The number of benzene rings is 7. The third-order valence-corrected chi connectivity index (χ3v) is 9.82. The number of fused-ring (bicyclic) bond motifs is 9. The van der Waals surface area contributed by atoms with Crippen LogP contribution in [0.4, 0.5) is 0 Å². The van der Waals surface area contributed by atoms with Crippen LogP contribution in [0.1, 0.15) is 29.0 Å². The quantitative estimate of drug-likeness (QED) is 0.131. The summed E-state index contributed by atoms with van der Waals surface area (Å²) in [6, 6.07) is 51.2. The van der Waals surface area contributed by atoms with Crippen LogP contribution in [0.3, 0.4) is 0 Å². The molecule has 0 fully saturated rings. The van der Waals surface area contributed by atoms with Crippen LogP contribution in [0.15, 0.2) is 170 Å². The summed E-state index contributed by atoms with van der Waals surface area (Å²) in [5, 5.41) is 9.92. The van der Waals surface area contributed by atoms with Crippen LogP contribution < -0.4 is 11.1 Å². The SMILES string of the molecule is NC(NC(/N=C/c1cccc2oc3ccccc3c12)c1ccccc1)c1ccc2oc3ccc(-c4cccc5c4oc4ccccc45)cc3c2c1. The highest BCUT2D eigenvalue weighted by atomic mass is 16.3. The summed E-state index contributed by atoms with van der Waals surface area (Å²) in [5.74, 6) is 0. The van der Waals surface area contributed by atoms with Crippen molar-refractivity contribution in [1.29, 1.82) is 0 Å². The van der Waals surface area contributed by atoms with Crippen molar-refractivity contribution in [1.82, 2.24) is 5.32 Å². The van der Waals surface area contributed by atoms with Crippen molar-refractivity contribution >= 4 is 72.0 Å². The van der Waals surface area contributed by atoms with Gasteiger partial charge >= 0.3 is 0 Å². The lowest BCUT2D eigenvalue weighted by atomic mass is 9.99. The smallest absolute Gasteiger partial charge is 0.143 e. The van der Waals surface area contributed by atoms with Gasteiger partial charge in [0.05, 0.1) is 6.17 Å². The highest BCUT2D eigenvalue weighted by molar-refractivity contribution is 6.13. The van der Waals surface area contributed by atoms with Gasteiger partial charge in [-0.3, -0.25) is 10.3 Å². The number of nitrogens with one attached hydrogen (secondary N) is 1. The third kappa shape index (κ3) is 5.00. The van der Waals surface area contributed by atoms with Crippen molar-refractivity contribution in [2.75, 3.05) is 0 Å². The molecule has 7 aromatic carbocycles. The minimum Gasteiger partial charge on any atom is -0.456 e. The molecular weight excluding hydrogens is 631 g/mol. The minimum atomic E-state index is -0.514. The minimum absolute atomic E-state index is 0.401. The maximum Gasteiger partial charge on any atom is 0.143 e. The number of furan rings is 3. The first-order chi connectivity index (χ1) is 25.2. The number of nitrogens with zero attached hydrogens (tertiary/aromatic N) is 1. The second kappa shape index (κ2) is 11.8. The molecule has 2 unspecified atom stereocenters. The maximum atomic E-state index is 6.93. The van der Waals surface area contributed by atoms with Crippen molar-refractivity contribution < 1.29 is 13.3 Å². The van der Waals surface area contributed by atoms with E-state index in [9.17, 15) is 0 Å². The first kappa shape index (κ1) is 29.4. The summed E-state index contributed by atoms with van der Waals surface area (Å²) in [6.07, 6.45) is 1.00. The second-order valence-corrected chi connectivity index (χ2v) is 12.9. The van der Waals surface area contributed by atoms with Gasteiger partial charge in [-0.05, 0) is 59.2 Å². The van der Waals surface area contributed by atoms with E-state index in [1.165, 1.54) is 0 Å². The molecule has 51 heavy (non-hydrogen) atoms. The lowest BCUT2D eigenvalue weighted by Crippen LogP contribution is -2.31. The molecule has 0 aliphatic heterocycles. The predicted octanol–water partition coefficient (Wildman–Crippen LogP) is 11.4. The molecule has 10 aromatic rings. The fourth-order valence-corrected chi connectivity index (χ4v) is 7.32. The van der Waals surface area contributed by atoms with E-state index in [4.69, 9.17) is 24.0 Å². The molecule has 0 saturated heterocycles. The van der Waals surface area contributed by atoms with E-state index < -0.39 is 12.3 Å². The highest BCUT2D eigenvalue weighted by Gasteiger charge is 2.19. The Kier molecular flexibility index (Phi) is 6.84. The van der Waals surface area contributed by atoms with Crippen molar-refractivity contribution in [3.05, 3.63) is 168 Å². The Morgan fingerprint density at radius 1 is 0.510 bits per heavy atom. The zero-order valence-corrected chi connectivity index (χ0v) is 27.4. The van der Waals surface area contributed by atoms with Gasteiger partial charge in [0.25, 0.3) is 0 Å². The lowest BCUT2D eigenvalue weighted by molar-refractivity contribution is 0.467. The van der Waals surface area contributed by atoms with Crippen LogP contribution >= 0.6 is 0 Å². The number of hydrogen-bond acceptors (Lipinski definition) is 6. The molecule has 10 rings (SSSR count). The van der Waals surface area contributed by atoms with Gasteiger partial charge in [0.15, 0.2) is 0 Å². The lowest BCUT2D eigenvalue weighted by Gasteiger charge is -2.21. The molecule has 0 amide bonds. The summed E-state index contributed by atoms with van der Waals surface area (Å²) in [6.45, 7) is 0. The average molecular weight is 662 g/mol. The van der Waals surface area contributed by atoms with Gasteiger partial charge in [0.2, 0.25) is 0 Å². The molecular formula is C45H31N3O3. The molecule has 0 bridgehead atoms. The Morgan fingerprint density at radius 2 is 1.16 bits per heavy atom. The van der Waals surface area contributed by atoms with E-state index in [-0.39, 0.29) is 0 Å². The first-order valence-corrected chi connectivity index (χ1v) is 17.0. The predicted molar refractivity (Wildman–Crippen MR) is 207 cm³/mol. The molecule has 3 N–H and O–H groups in total. The van der Waals surface area contributed by atoms with Gasteiger partial charge in [0, 0.05) is 49.7 Å².